The summed E-state index contributed by atoms with van der Waals surface area (Å²) in [5.74, 6) is 0. The Morgan fingerprint density at radius 1 is 1.17 bits per heavy atom. The van der Waals surface area contributed by atoms with Crippen molar-refractivity contribution in [1.82, 2.24) is 10.0 Å². The summed E-state index contributed by atoms with van der Waals surface area (Å²) in [5.41, 5.74) is -0.202. The van der Waals surface area contributed by atoms with Gasteiger partial charge in [-0.3, -0.25) is 10.1 Å². The minimum atomic E-state index is -3.88. The predicted molar refractivity (Wildman–Crippen MR) is 80.6 cm³/mol. The van der Waals surface area contributed by atoms with Crippen molar-refractivity contribution in [2.24, 2.45) is 0 Å². The van der Waals surface area contributed by atoms with Crippen molar-refractivity contribution in [3.63, 3.8) is 0 Å². The zero-order valence-electron chi connectivity index (χ0n) is 12.1. The molecule has 1 fully saturated rings. The molecule has 2 atom stereocenters. The monoisotopic (exact) mass is 343 g/mol. The molecular weight excluding hydrogens is 326 g/mol. The van der Waals surface area contributed by atoms with E-state index in [1.54, 1.807) is 0 Å². The summed E-state index contributed by atoms with van der Waals surface area (Å²) in [6, 6.07) is 3.51. The van der Waals surface area contributed by atoms with E-state index in [4.69, 9.17) is 5.11 Å². The molecule has 10 heteroatoms. The fourth-order valence-electron chi connectivity index (χ4n) is 2.62. The number of amides is 1. The second-order valence-electron chi connectivity index (χ2n) is 5.32. The molecule has 0 heterocycles. The van der Waals surface area contributed by atoms with E-state index in [1.165, 1.54) is 0 Å². The number of benzene rings is 1. The van der Waals surface area contributed by atoms with Gasteiger partial charge >= 0.3 is 6.09 Å². The quantitative estimate of drug-likeness (QED) is 0.546. The molecule has 126 valence electrons. The lowest BCUT2D eigenvalue weighted by atomic mass is 9.91. The van der Waals surface area contributed by atoms with Gasteiger partial charge in [-0.05, 0) is 25.0 Å². The Balaban J connectivity index is 2.15. The van der Waals surface area contributed by atoms with Crippen molar-refractivity contribution in [3.8, 4) is 0 Å². The number of nitro benzene ring substituents is 1. The molecule has 9 nitrogen and oxygen atoms in total. The highest BCUT2D eigenvalue weighted by Crippen LogP contribution is 2.22. The predicted octanol–water partition coefficient (Wildman–Crippen LogP) is 1.45. The van der Waals surface area contributed by atoms with Crippen LogP contribution >= 0.6 is 0 Å². The van der Waals surface area contributed by atoms with Crippen molar-refractivity contribution in [3.05, 3.63) is 34.4 Å². The molecule has 3 N–H and O–H groups in total. The Morgan fingerprint density at radius 3 is 2.26 bits per heavy atom. The molecule has 0 aromatic heterocycles. The summed E-state index contributed by atoms with van der Waals surface area (Å²) in [7, 11) is -3.88. The molecule has 0 saturated heterocycles. The number of nitrogens with zero attached hydrogens (tertiary/aromatic N) is 1. The molecule has 1 aliphatic rings. The number of nitrogens with one attached hydrogen (secondary N) is 2. The lowest BCUT2D eigenvalue weighted by Crippen LogP contribution is -2.52. The number of rotatable bonds is 5. The SMILES string of the molecule is O=C(O)N[C@H]1CCCC[C@@H]1NS(=O)(=O)c1ccc([N+](=O)[O-])cc1. The molecule has 1 amide bonds. The number of non-ortho nitro benzene ring substituents is 1. The zero-order valence-corrected chi connectivity index (χ0v) is 13.0. The summed E-state index contributed by atoms with van der Waals surface area (Å²) in [6.07, 6.45) is 1.50. The highest BCUT2D eigenvalue weighted by Gasteiger charge is 2.30. The second-order valence-corrected chi connectivity index (χ2v) is 7.03. The minimum Gasteiger partial charge on any atom is -0.465 e. The van der Waals surface area contributed by atoms with Crippen LogP contribution in [0.25, 0.3) is 0 Å². The number of carbonyl (C=O) groups is 1. The van der Waals surface area contributed by atoms with Crippen molar-refractivity contribution < 1.29 is 23.2 Å². The van der Waals surface area contributed by atoms with Gasteiger partial charge < -0.3 is 10.4 Å². The van der Waals surface area contributed by atoms with E-state index in [-0.39, 0.29) is 10.6 Å². The van der Waals surface area contributed by atoms with Crippen LogP contribution in [0.3, 0.4) is 0 Å². The fraction of sp³-hybridized carbons (Fsp3) is 0.462. The first-order valence-corrected chi connectivity index (χ1v) is 8.54. The van der Waals surface area contributed by atoms with E-state index >= 15 is 0 Å². The highest BCUT2D eigenvalue weighted by atomic mass is 32.2. The van der Waals surface area contributed by atoms with Gasteiger partial charge in [0.15, 0.2) is 0 Å². The lowest BCUT2D eigenvalue weighted by Gasteiger charge is -2.31. The molecule has 0 spiro atoms. The molecule has 23 heavy (non-hydrogen) atoms. The van der Waals surface area contributed by atoms with Gasteiger partial charge in [0.05, 0.1) is 9.82 Å². The first-order chi connectivity index (χ1) is 10.8. The maximum atomic E-state index is 12.4. The molecule has 1 aliphatic carbocycles. The smallest absolute Gasteiger partial charge is 0.404 e. The van der Waals surface area contributed by atoms with Crippen molar-refractivity contribution in [2.45, 2.75) is 42.7 Å². The van der Waals surface area contributed by atoms with Crippen LogP contribution in [-0.4, -0.2) is 36.6 Å². The van der Waals surface area contributed by atoms with Crippen LogP contribution in [0.1, 0.15) is 25.7 Å². The van der Waals surface area contributed by atoms with Gasteiger partial charge in [0.1, 0.15) is 0 Å². The third kappa shape index (κ3) is 4.39. The van der Waals surface area contributed by atoms with Crippen LogP contribution in [0, 0.1) is 10.1 Å². The average Bonchev–Trinajstić information content (AvgIpc) is 2.48. The molecule has 0 aliphatic heterocycles. The number of hydrogen-bond acceptors (Lipinski definition) is 5. The Hall–Kier alpha value is -2.20. The summed E-state index contributed by atoms with van der Waals surface area (Å²) in [4.78, 5) is 20.7. The first kappa shape index (κ1) is 17.2. The molecule has 0 unspecified atom stereocenters. The van der Waals surface area contributed by atoms with E-state index in [1.807, 2.05) is 0 Å². The van der Waals surface area contributed by atoms with E-state index in [0.717, 1.165) is 37.1 Å². The third-order valence-corrected chi connectivity index (χ3v) is 5.25. The topological polar surface area (TPSA) is 139 Å². The third-order valence-electron chi connectivity index (χ3n) is 3.74. The molecule has 1 saturated carbocycles. The average molecular weight is 343 g/mol. The Morgan fingerprint density at radius 2 is 1.74 bits per heavy atom. The minimum absolute atomic E-state index is 0.0947. The summed E-state index contributed by atoms with van der Waals surface area (Å²) in [5, 5.41) is 21.8. The molecule has 0 radical (unpaired) electrons. The van der Waals surface area contributed by atoms with E-state index < -0.39 is 33.1 Å². The molecule has 2 rings (SSSR count). The number of hydrogen-bond donors (Lipinski definition) is 3. The van der Waals surface area contributed by atoms with Gasteiger partial charge in [0.2, 0.25) is 10.0 Å². The molecule has 1 aromatic carbocycles. The lowest BCUT2D eigenvalue weighted by molar-refractivity contribution is -0.384. The van der Waals surface area contributed by atoms with Crippen molar-refractivity contribution >= 4 is 21.8 Å². The van der Waals surface area contributed by atoms with E-state index in [9.17, 15) is 23.3 Å². The largest absolute Gasteiger partial charge is 0.465 e. The number of carboxylic acid groups (broad SMARTS) is 1. The summed E-state index contributed by atoms with van der Waals surface area (Å²) >= 11 is 0. The standard InChI is InChI=1S/C13H17N3O6S/c17-13(18)14-11-3-1-2-4-12(11)15-23(21,22)10-7-5-9(6-8-10)16(19)20/h5-8,11-12,14-15H,1-4H2,(H,17,18)/t11-,12-/m0/s1. The van der Waals surface area contributed by atoms with Crippen LogP contribution in [-0.2, 0) is 10.0 Å². The van der Waals surface area contributed by atoms with E-state index in [0.29, 0.717) is 12.8 Å². The fourth-order valence-corrected chi connectivity index (χ4v) is 3.93. The van der Waals surface area contributed by atoms with Gasteiger partial charge in [-0.1, -0.05) is 12.8 Å². The van der Waals surface area contributed by atoms with Crippen molar-refractivity contribution in [2.75, 3.05) is 0 Å². The van der Waals surface area contributed by atoms with Gasteiger partial charge in [-0.25, -0.2) is 17.9 Å². The zero-order chi connectivity index (χ0) is 17.0. The van der Waals surface area contributed by atoms with Crippen LogP contribution in [0.4, 0.5) is 10.5 Å². The number of nitro groups is 1. The maximum Gasteiger partial charge on any atom is 0.404 e. The Kier molecular flexibility index (Phi) is 5.16. The molecular formula is C13H17N3O6S. The first-order valence-electron chi connectivity index (χ1n) is 7.06. The van der Waals surface area contributed by atoms with Gasteiger partial charge in [0, 0.05) is 24.2 Å². The highest BCUT2D eigenvalue weighted by molar-refractivity contribution is 7.89. The van der Waals surface area contributed by atoms with E-state index in [2.05, 4.69) is 10.0 Å². The van der Waals surface area contributed by atoms with Crippen LogP contribution in [0.5, 0.6) is 0 Å². The molecule has 1 aromatic rings. The summed E-state index contributed by atoms with van der Waals surface area (Å²) < 4.78 is 27.2. The van der Waals surface area contributed by atoms with Gasteiger partial charge in [0.25, 0.3) is 5.69 Å². The van der Waals surface area contributed by atoms with Crippen LogP contribution in [0.15, 0.2) is 29.2 Å². The Bertz CT molecular complexity index is 688. The van der Waals surface area contributed by atoms with Gasteiger partial charge in [-0.2, -0.15) is 0 Å². The second kappa shape index (κ2) is 6.92. The van der Waals surface area contributed by atoms with Gasteiger partial charge in [-0.15, -0.1) is 0 Å². The van der Waals surface area contributed by atoms with Crippen molar-refractivity contribution in [1.29, 1.82) is 0 Å². The Labute approximate surface area is 132 Å². The van der Waals surface area contributed by atoms with Crippen LogP contribution in [0.2, 0.25) is 0 Å². The van der Waals surface area contributed by atoms with Crippen LogP contribution < -0.4 is 10.0 Å². The molecule has 0 bridgehead atoms. The summed E-state index contributed by atoms with van der Waals surface area (Å²) in [6.45, 7) is 0. The number of sulfonamides is 1. The maximum absolute atomic E-state index is 12.4. The normalized spacial score (nSPS) is 21.6.